The third-order valence-electron chi connectivity index (χ3n) is 2.47. The Morgan fingerprint density at radius 3 is 2.35 bits per heavy atom. The van der Waals surface area contributed by atoms with Crippen LogP contribution >= 0.6 is 11.6 Å². The fourth-order valence-corrected chi connectivity index (χ4v) is 1.65. The zero-order valence-corrected chi connectivity index (χ0v) is 11.2. The maximum Gasteiger partial charge on any atom is 0.0716 e. The van der Waals surface area contributed by atoms with Crippen molar-refractivity contribution in [1.29, 1.82) is 0 Å². The van der Waals surface area contributed by atoms with Gasteiger partial charge in [-0.3, -0.25) is 0 Å². The fraction of sp³-hybridized carbons (Fsp3) is 0.571. The van der Waals surface area contributed by atoms with Gasteiger partial charge in [0.1, 0.15) is 0 Å². The number of hydrogen-bond donors (Lipinski definition) is 0. The molecule has 2 nitrogen and oxygen atoms in total. The molecule has 0 aromatic heterocycles. The predicted molar refractivity (Wildman–Crippen MR) is 71.5 cm³/mol. The number of benzene rings is 1. The molecular formula is C14H21ClO2. The van der Waals surface area contributed by atoms with Crippen LogP contribution in [0, 0.1) is 0 Å². The molecule has 0 saturated carbocycles. The minimum absolute atomic E-state index is 0.150. The van der Waals surface area contributed by atoms with E-state index in [0.29, 0.717) is 13.2 Å². The molecule has 1 rings (SSSR count). The first-order valence-corrected chi connectivity index (χ1v) is 6.60. The molecule has 0 saturated heterocycles. The minimum Gasteiger partial charge on any atom is -0.382 e. The second-order valence-corrected chi connectivity index (χ2v) is 4.53. The number of alkyl halides is 1. The monoisotopic (exact) mass is 256 g/mol. The van der Waals surface area contributed by atoms with Crippen molar-refractivity contribution in [2.45, 2.75) is 31.7 Å². The summed E-state index contributed by atoms with van der Waals surface area (Å²) >= 11 is 6.14. The van der Waals surface area contributed by atoms with Crippen molar-refractivity contribution in [3.05, 3.63) is 35.9 Å². The molecule has 0 N–H and O–H groups in total. The summed E-state index contributed by atoms with van der Waals surface area (Å²) in [7, 11) is 0. The van der Waals surface area contributed by atoms with Gasteiger partial charge in [-0.25, -0.2) is 0 Å². The highest BCUT2D eigenvalue weighted by atomic mass is 35.5. The van der Waals surface area contributed by atoms with Gasteiger partial charge < -0.3 is 9.47 Å². The summed E-state index contributed by atoms with van der Waals surface area (Å²) in [5.41, 5.74) is 1.20. The third-order valence-corrected chi connectivity index (χ3v) is 2.90. The van der Waals surface area contributed by atoms with Gasteiger partial charge in [0, 0.05) is 25.2 Å². The van der Waals surface area contributed by atoms with Crippen LogP contribution in [0.3, 0.4) is 0 Å². The van der Waals surface area contributed by atoms with Gasteiger partial charge in [0.05, 0.1) is 6.61 Å². The first-order chi connectivity index (χ1) is 8.33. The van der Waals surface area contributed by atoms with Crippen molar-refractivity contribution in [3.8, 4) is 0 Å². The topological polar surface area (TPSA) is 18.5 Å². The lowest BCUT2D eigenvalue weighted by atomic mass is 10.2. The van der Waals surface area contributed by atoms with E-state index in [1.807, 2.05) is 25.1 Å². The summed E-state index contributed by atoms with van der Waals surface area (Å²) < 4.78 is 10.8. The third kappa shape index (κ3) is 7.37. The molecular weight excluding hydrogens is 236 g/mol. The Labute approximate surface area is 109 Å². The number of ether oxygens (including phenoxy) is 2. The van der Waals surface area contributed by atoms with Crippen molar-refractivity contribution in [3.63, 3.8) is 0 Å². The lowest BCUT2D eigenvalue weighted by molar-refractivity contribution is 0.111. The van der Waals surface area contributed by atoms with Gasteiger partial charge in [-0.15, -0.1) is 11.6 Å². The Morgan fingerprint density at radius 1 is 1.06 bits per heavy atom. The molecule has 0 bridgehead atoms. The summed E-state index contributed by atoms with van der Waals surface area (Å²) in [5.74, 6) is 0. The Bertz CT molecular complexity index is 277. The quantitative estimate of drug-likeness (QED) is 0.496. The molecule has 17 heavy (non-hydrogen) atoms. The van der Waals surface area contributed by atoms with Gasteiger partial charge in [0.15, 0.2) is 0 Å². The molecule has 0 radical (unpaired) electrons. The van der Waals surface area contributed by atoms with Gasteiger partial charge in [-0.1, -0.05) is 30.3 Å². The molecule has 1 unspecified atom stereocenters. The second kappa shape index (κ2) is 9.46. The first kappa shape index (κ1) is 14.5. The van der Waals surface area contributed by atoms with Gasteiger partial charge in [0.2, 0.25) is 0 Å². The van der Waals surface area contributed by atoms with E-state index in [2.05, 4.69) is 12.1 Å². The van der Waals surface area contributed by atoms with Crippen LogP contribution in [-0.4, -0.2) is 25.2 Å². The van der Waals surface area contributed by atoms with Crippen LogP contribution in [0.15, 0.2) is 30.3 Å². The zero-order chi connectivity index (χ0) is 12.3. The summed E-state index contributed by atoms with van der Waals surface area (Å²) in [6.45, 7) is 4.86. The molecule has 1 atom stereocenters. The second-order valence-electron chi connectivity index (χ2n) is 3.91. The van der Waals surface area contributed by atoms with Crippen molar-refractivity contribution >= 4 is 11.6 Å². The molecule has 3 heteroatoms. The van der Waals surface area contributed by atoms with Crippen molar-refractivity contribution in [2.24, 2.45) is 0 Å². The van der Waals surface area contributed by atoms with Crippen LogP contribution in [0.5, 0.6) is 0 Å². The number of hydrogen-bond acceptors (Lipinski definition) is 2. The van der Waals surface area contributed by atoms with Crippen LogP contribution in [0.4, 0.5) is 0 Å². The van der Waals surface area contributed by atoms with Crippen molar-refractivity contribution in [2.75, 3.05) is 19.8 Å². The molecule has 0 heterocycles. The SMILES string of the molecule is CCOCCC(Cl)CCOCc1ccccc1. The van der Waals surface area contributed by atoms with Gasteiger partial charge in [0.25, 0.3) is 0 Å². The smallest absolute Gasteiger partial charge is 0.0716 e. The number of halogens is 1. The molecule has 1 aromatic carbocycles. The lowest BCUT2D eigenvalue weighted by Gasteiger charge is -2.09. The molecule has 0 aliphatic rings. The van der Waals surface area contributed by atoms with Crippen molar-refractivity contribution < 1.29 is 9.47 Å². The largest absolute Gasteiger partial charge is 0.382 e. The average molecular weight is 257 g/mol. The molecule has 1 aromatic rings. The predicted octanol–water partition coefficient (Wildman–Crippen LogP) is 3.63. The molecule has 0 spiro atoms. The normalized spacial score (nSPS) is 12.6. The van der Waals surface area contributed by atoms with E-state index in [1.54, 1.807) is 0 Å². The Balaban J connectivity index is 2.00. The molecule has 0 aliphatic heterocycles. The van der Waals surface area contributed by atoms with Crippen LogP contribution in [0.25, 0.3) is 0 Å². The van der Waals surface area contributed by atoms with E-state index >= 15 is 0 Å². The molecule has 0 amide bonds. The Kier molecular flexibility index (Phi) is 8.06. The van der Waals surface area contributed by atoms with Crippen LogP contribution < -0.4 is 0 Å². The Morgan fingerprint density at radius 2 is 1.71 bits per heavy atom. The minimum atomic E-state index is 0.150. The van der Waals surface area contributed by atoms with E-state index in [0.717, 1.165) is 26.1 Å². The maximum atomic E-state index is 6.14. The zero-order valence-electron chi connectivity index (χ0n) is 10.4. The first-order valence-electron chi connectivity index (χ1n) is 6.16. The van der Waals surface area contributed by atoms with Crippen molar-refractivity contribution in [1.82, 2.24) is 0 Å². The summed E-state index contributed by atoms with van der Waals surface area (Å²) in [6, 6.07) is 10.2. The van der Waals surface area contributed by atoms with Gasteiger partial charge >= 0.3 is 0 Å². The highest BCUT2D eigenvalue weighted by Gasteiger charge is 2.04. The van der Waals surface area contributed by atoms with E-state index in [4.69, 9.17) is 21.1 Å². The van der Waals surface area contributed by atoms with Crippen LogP contribution in [0.2, 0.25) is 0 Å². The van der Waals surface area contributed by atoms with E-state index in [9.17, 15) is 0 Å². The molecule has 0 fully saturated rings. The fourth-order valence-electron chi connectivity index (χ4n) is 1.48. The van der Waals surface area contributed by atoms with Crippen LogP contribution in [-0.2, 0) is 16.1 Å². The Hall–Kier alpha value is -0.570. The van der Waals surface area contributed by atoms with E-state index in [1.165, 1.54) is 5.56 Å². The van der Waals surface area contributed by atoms with Gasteiger partial charge in [-0.05, 0) is 25.3 Å². The van der Waals surface area contributed by atoms with Crippen LogP contribution in [0.1, 0.15) is 25.3 Å². The van der Waals surface area contributed by atoms with E-state index < -0.39 is 0 Å². The summed E-state index contributed by atoms with van der Waals surface area (Å²) in [4.78, 5) is 0. The summed E-state index contributed by atoms with van der Waals surface area (Å²) in [5, 5.41) is 0.150. The molecule has 0 aliphatic carbocycles. The van der Waals surface area contributed by atoms with E-state index in [-0.39, 0.29) is 5.38 Å². The average Bonchev–Trinajstić information content (AvgIpc) is 2.36. The standard InChI is InChI=1S/C14H21ClO2/c1-2-16-10-8-14(15)9-11-17-12-13-6-4-3-5-7-13/h3-7,14H,2,8-12H2,1H3. The maximum absolute atomic E-state index is 6.14. The number of rotatable bonds is 9. The lowest BCUT2D eigenvalue weighted by Crippen LogP contribution is -2.08. The van der Waals surface area contributed by atoms with Gasteiger partial charge in [-0.2, -0.15) is 0 Å². The highest BCUT2D eigenvalue weighted by Crippen LogP contribution is 2.08. The molecule has 96 valence electrons. The highest BCUT2D eigenvalue weighted by molar-refractivity contribution is 6.20. The summed E-state index contributed by atoms with van der Waals surface area (Å²) in [6.07, 6.45) is 1.77.